The predicted octanol–water partition coefficient (Wildman–Crippen LogP) is 2.41. The van der Waals surface area contributed by atoms with Gasteiger partial charge in [-0.1, -0.05) is 0 Å². The fourth-order valence-corrected chi connectivity index (χ4v) is 3.13. The molecule has 2 aromatic rings. The molecule has 0 aromatic carbocycles. The quantitative estimate of drug-likeness (QED) is 0.912. The first-order valence-electron chi connectivity index (χ1n) is 7.16. The van der Waals surface area contributed by atoms with E-state index >= 15 is 0 Å². The summed E-state index contributed by atoms with van der Waals surface area (Å²) in [4.78, 5) is 17.7. The number of hydrogen-bond donors (Lipinski definition) is 2. The van der Waals surface area contributed by atoms with Crippen molar-refractivity contribution >= 4 is 22.2 Å². The van der Waals surface area contributed by atoms with Gasteiger partial charge in [-0.15, -0.1) is 11.3 Å². The largest absolute Gasteiger partial charge is 0.350 e. The van der Waals surface area contributed by atoms with Gasteiger partial charge in [-0.3, -0.25) is 9.20 Å². The molecule has 1 unspecified atom stereocenters. The molecule has 2 N–H and O–H groups in total. The molecule has 0 aliphatic heterocycles. The van der Waals surface area contributed by atoms with Gasteiger partial charge in [0, 0.05) is 23.2 Å². The molecule has 0 saturated heterocycles. The molecule has 6 heteroatoms. The summed E-state index contributed by atoms with van der Waals surface area (Å²) in [5, 5.41) is 8.37. The summed E-state index contributed by atoms with van der Waals surface area (Å²) in [7, 11) is 0. The molecular weight excluding hydrogens is 284 g/mol. The van der Waals surface area contributed by atoms with Crippen LogP contribution in [0.15, 0.2) is 5.38 Å². The second-order valence-electron chi connectivity index (χ2n) is 6.48. The van der Waals surface area contributed by atoms with Crippen molar-refractivity contribution in [2.75, 3.05) is 0 Å². The summed E-state index contributed by atoms with van der Waals surface area (Å²) in [6.45, 7) is 12.5. The van der Waals surface area contributed by atoms with Crippen LogP contribution in [-0.4, -0.2) is 26.9 Å². The lowest BCUT2D eigenvalue weighted by Crippen LogP contribution is -2.49. The van der Waals surface area contributed by atoms with Crippen LogP contribution in [0.4, 0.5) is 0 Å². The summed E-state index contributed by atoms with van der Waals surface area (Å²) in [5.41, 5.74) is 3.11. The molecule has 1 atom stereocenters. The van der Waals surface area contributed by atoms with Crippen LogP contribution in [0.3, 0.4) is 0 Å². The van der Waals surface area contributed by atoms with Crippen molar-refractivity contribution in [3.05, 3.63) is 22.5 Å². The second kappa shape index (κ2) is 5.77. The Morgan fingerprint density at radius 1 is 1.43 bits per heavy atom. The number of carbonyl (C=O) groups excluding carboxylic acids is 1. The zero-order valence-corrected chi connectivity index (χ0v) is 14.4. The summed E-state index contributed by atoms with van der Waals surface area (Å²) in [5.74, 6) is 0.0166. The highest BCUT2D eigenvalue weighted by atomic mass is 32.1. The third-order valence-electron chi connectivity index (χ3n) is 3.30. The van der Waals surface area contributed by atoms with Gasteiger partial charge in [0.05, 0.1) is 17.4 Å². The van der Waals surface area contributed by atoms with E-state index < -0.39 is 0 Å². The normalized spacial score (nSPS) is 13.6. The predicted molar refractivity (Wildman–Crippen MR) is 86.7 cm³/mol. The van der Waals surface area contributed by atoms with Gasteiger partial charge in [0.1, 0.15) is 0 Å². The summed E-state index contributed by atoms with van der Waals surface area (Å²) >= 11 is 1.64. The molecule has 5 nitrogen and oxygen atoms in total. The number of aromatic nitrogens is 2. The van der Waals surface area contributed by atoms with Crippen molar-refractivity contribution in [2.24, 2.45) is 0 Å². The molecule has 0 radical (unpaired) electrons. The molecule has 0 bridgehead atoms. The minimum Gasteiger partial charge on any atom is -0.350 e. The lowest BCUT2D eigenvalue weighted by molar-refractivity contribution is -0.124. The van der Waals surface area contributed by atoms with Crippen molar-refractivity contribution in [3.63, 3.8) is 0 Å². The first-order valence-corrected chi connectivity index (χ1v) is 8.04. The zero-order valence-electron chi connectivity index (χ0n) is 13.6. The number of nitrogens with one attached hydrogen (secondary N) is 2. The Labute approximate surface area is 129 Å². The van der Waals surface area contributed by atoms with Gasteiger partial charge in [0.15, 0.2) is 4.96 Å². The van der Waals surface area contributed by atoms with Crippen molar-refractivity contribution in [2.45, 2.75) is 59.7 Å². The van der Waals surface area contributed by atoms with Crippen LogP contribution in [0.5, 0.6) is 0 Å². The van der Waals surface area contributed by atoms with Crippen molar-refractivity contribution in [1.29, 1.82) is 0 Å². The Bertz CT molecular complexity index is 650. The first kappa shape index (κ1) is 16.0. The van der Waals surface area contributed by atoms with Crippen LogP contribution < -0.4 is 10.6 Å². The third-order valence-corrected chi connectivity index (χ3v) is 4.24. The Morgan fingerprint density at radius 3 is 2.71 bits per heavy atom. The number of aryl methyl sites for hydroxylation is 2. The Morgan fingerprint density at radius 2 is 2.10 bits per heavy atom. The smallest absolute Gasteiger partial charge is 0.237 e. The van der Waals surface area contributed by atoms with Gasteiger partial charge < -0.3 is 10.6 Å². The topological polar surface area (TPSA) is 58.4 Å². The van der Waals surface area contributed by atoms with E-state index in [4.69, 9.17) is 0 Å². The maximum Gasteiger partial charge on any atom is 0.237 e. The highest BCUT2D eigenvalue weighted by molar-refractivity contribution is 7.15. The van der Waals surface area contributed by atoms with E-state index in [9.17, 15) is 4.79 Å². The second-order valence-corrected chi connectivity index (χ2v) is 7.32. The van der Waals surface area contributed by atoms with Gasteiger partial charge in [0.2, 0.25) is 5.91 Å². The van der Waals surface area contributed by atoms with Crippen LogP contribution in [0, 0.1) is 13.8 Å². The van der Waals surface area contributed by atoms with E-state index in [1.54, 1.807) is 11.3 Å². The summed E-state index contributed by atoms with van der Waals surface area (Å²) in [6, 6.07) is -0.242. The lowest BCUT2D eigenvalue weighted by atomic mass is 10.1. The van der Waals surface area contributed by atoms with Gasteiger partial charge >= 0.3 is 0 Å². The Kier molecular flexibility index (Phi) is 4.39. The molecule has 1 amide bonds. The van der Waals surface area contributed by atoms with E-state index in [1.165, 1.54) is 5.69 Å². The van der Waals surface area contributed by atoms with E-state index in [2.05, 4.69) is 32.3 Å². The molecule has 0 aliphatic rings. The van der Waals surface area contributed by atoms with Crippen LogP contribution in [-0.2, 0) is 11.3 Å². The Hall–Kier alpha value is -1.40. The minimum atomic E-state index is -0.242. The molecule has 0 fully saturated rings. The number of imidazole rings is 1. The molecule has 2 heterocycles. The number of fused-ring (bicyclic) bond motifs is 1. The molecule has 2 aromatic heterocycles. The fourth-order valence-electron chi connectivity index (χ4n) is 2.20. The van der Waals surface area contributed by atoms with Crippen molar-refractivity contribution in [1.82, 2.24) is 20.0 Å². The van der Waals surface area contributed by atoms with Gasteiger partial charge in [-0.25, -0.2) is 4.98 Å². The van der Waals surface area contributed by atoms with Crippen LogP contribution in [0.25, 0.3) is 4.96 Å². The maximum atomic E-state index is 12.1. The van der Waals surface area contributed by atoms with E-state index in [0.29, 0.717) is 6.54 Å². The summed E-state index contributed by atoms with van der Waals surface area (Å²) in [6.07, 6.45) is 0. The van der Waals surface area contributed by atoms with Crippen LogP contribution >= 0.6 is 11.3 Å². The standard InChI is InChI=1S/C15H24N4OS/c1-9-8-21-14-17-10(2)12(19(9)14)7-16-11(3)13(20)18-15(4,5)6/h8,11,16H,7H2,1-6H3,(H,18,20). The molecule has 0 spiro atoms. The van der Waals surface area contributed by atoms with E-state index in [-0.39, 0.29) is 17.5 Å². The molecule has 0 aliphatic carbocycles. The Balaban J connectivity index is 2.06. The summed E-state index contributed by atoms with van der Waals surface area (Å²) < 4.78 is 2.15. The number of hydrogen-bond acceptors (Lipinski definition) is 4. The first-order chi connectivity index (χ1) is 9.69. The monoisotopic (exact) mass is 308 g/mol. The lowest BCUT2D eigenvalue weighted by Gasteiger charge is -2.23. The minimum absolute atomic E-state index is 0.0166. The highest BCUT2D eigenvalue weighted by Gasteiger charge is 2.20. The molecule has 2 rings (SSSR count). The number of thiazole rings is 1. The van der Waals surface area contributed by atoms with Gasteiger partial charge in [-0.05, 0) is 41.5 Å². The average Bonchev–Trinajstić information content (AvgIpc) is 2.84. The number of nitrogens with zero attached hydrogens (tertiary/aromatic N) is 2. The van der Waals surface area contributed by atoms with Gasteiger partial charge in [-0.2, -0.15) is 0 Å². The number of carbonyl (C=O) groups is 1. The zero-order chi connectivity index (χ0) is 15.8. The molecular formula is C15H24N4OS. The van der Waals surface area contributed by atoms with Crippen molar-refractivity contribution < 1.29 is 4.79 Å². The third kappa shape index (κ3) is 3.63. The maximum absolute atomic E-state index is 12.1. The van der Waals surface area contributed by atoms with Crippen molar-refractivity contribution in [3.8, 4) is 0 Å². The number of amides is 1. The van der Waals surface area contributed by atoms with Crippen LogP contribution in [0.1, 0.15) is 44.8 Å². The number of rotatable bonds is 4. The molecule has 116 valence electrons. The SMILES string of the molecule is Cc1nc2scc(C)n2c1CNC(C)C(=O)NC(C)(C)C. The average molecular weight is 308 g/mol. The molecule has 21 heavy (non-hydrogen) atoms. The highest BCUT2D eigenvalue weighted by Crippen LogP contribution is 2.20. The molecule has 0 saturated carbocycles. The van der Waals surface area contributed by atoms with Gasteiger partial charge in [0.25, 0.3) is 0 Å². The van der Waals surface area contributed by atoms with Crippen LogP contribution in [0.2, 0.25) is 0 Å². The van der Waals surface area contributed by atoms with E-state index in [1.807, 2.05) is 34.6 Å². The fraction of sp³-hybridized carbons (Fsp3) is 0.600. The van der Waals surface area contributed by atoms with E-state index in [0.717, 1.165) is 16.3 Å².